The molecule has 0 aliphatic heterocycles. The van der Waals surface area contributed by atoms with Gasteiger partial charge in [0.25, 0.3) is 0 Å². The van der Waals surface area contributed by atoms with Crippen LogP contribution in [-0.2, 0) is 0 Å². The minimum absolute atomic E-state index is 0.0417. The molecule has 1 aromatic rings. The van der Waals surface area contributed by atoms with Crippen molar-refractivity contribution in [3.8, 4) is 5.75 Å². The molecule has 0 heterocycles. The van der Waals surface area contributed by atoms with E-state index in [9.17, 15) is 4.79 Å². The molecular formula is C13H20N2O2. The number of nitrogen functional groups attached to an aromatic ring is 1. The molecule has 0 saturated carbocycles. The van der Waals surface area contributed by atoms with Crippen LogP contribution in [0.5, 0.6) is 5.75 Å². The van der Waals surface area contributed by atoms with Crippen LogP contribution < -0.4 is 15.8 Å². The van der Waals surface area contributed by atoms with Gasteiger partial charge < -0.3 is 15.8 Å². The molecule has 0 spiro atoms. The third kappa shape index (κ3) is 4.07. The molecule has 0 atom stereocenters. The number of Topliss-reactive ketones (excluding diaryl/α,β-unsaturated/α-hetero) is 1. The molecule has 0 amide bonds. The van der Waals surface area contributed by atoms with Gasteiger partial charge in [0.05, 0.1) is 19.3 Å². The van der Waals surface area contributed by atoms with E-state index in [2.05, 4.69) is 19.2 Å². The summed E-state index contributed by atoms with van der Waals surface area (Å²) in [7, 11) is 1.55. The van der Waals surface area contributed by atoms with E-state index in [1.807, 2.05) is 0 Å². The first-order valence-electron chi connectivity index (χ1n) is 5.72. The number of ether oxygens (including phenoxy) is 1. The van der Waals surface area contributed by atoms with Gasteiger partial charge in [0, 0.05) is 5.56 Å². The smallest absolute Gasteiger partial charge is 0.176 e. The highest BCUT2D eigenvalue weighted by molar-refractivity contribution is 5.98. The van der Waals surface area contributed by atoms with E-state index in [1.165, 1.54) is 0 Å². The summed E-state index contributed by atoms with van der Waals surface area (Å²) in [5.41, 5.74) is 6.85. The van der Waals surface area contributed by atoms with Gasteiger partial charge in [-0.25, -0.2) is 0 Å². The number of carbonyl (C=O) groups is 1. The Kier molecular flexibility index (Phi) is 4.97. The van der Waals surface area contributed by atoms with E-state index in [4.69, 9.17) is 10.5 Å². The standard InChI is InChI=1S/C13H20N2O2/c1-9(2)7-15-8-12(16)10-4-5-13(17-3)11(14)6-10/h4-6,9,15H,7-8,14H2,1-3H3. The van der Waals surface area contributed by atoms with Crippen LogP contribution in [0.2, 0.25) is 0 Å². The number of rotatable bonds is 6. The second-order valence-electron chi connectivity index (χ2n) is 4.40. The minimum atomic E-state index is 0.0417. The summed E-state index contributed by atoms with van der Waals surface area (Å²) in [5, 5.41) is 3.11. The third-order valence-corrected chi connectivity index (χ3v) is 2.39. The Balaban J connectivity index is 2.60. The van der Waals surface area contributed by atoms with Crippen LogP contribution in [0.4, 0.5) is 5.69 Å². The number of methoxy groups -OCH3 is 1. The first kappa shape index (κ1) is 13.5. The number of carbonyl (C=O) groups excluding carboxylic acids is 1. The molecular weight excluding hydrogens is 216 g/mol. The van der Waals surface area contributed by atoms with Crippen molar-refractivity contribution in [3.63, 3.8) is 0 Å². The molecule has 1 rings (SSSR count). The van der Waals surface area contributed by atoms with Crippen LogP contribution in [0.3, 0.4) is 0 Å². The summed E-state index contributed by atoms with van der Waals surface area (Å²) in [6.07, 6.45) is 0. The Bertz CT molecular complexity index is 389. The zero-order chi connectivity index (χ0) is 12.8. The maximum Gasteiger partial charge on any atom is 0.176 e. The zero-order valence-corrected chi connectivity index (χ0v) is 10.6. The highest BCUT2D eigenvalue weighted by atomic mass is 16.5. The molecule has 94 valence electrons. The van der Waals surface area contributed by atoms with Crippen molar-refractivity contribution in [2.45, 2.75) is 13.8 Å². The highest BCUT2D eigenvalue weighted by Crippen LogP contribution is 2.21. The Labute approximate surface area is 102 Å². The Morgan fingerprint density at radius 1 is 1.47 bits per heavy atom. The van der Waals surface area contributed by atoms with Crippen LogP contribution in [-0.4, -0.2) is 26.0 Å². The number of hydrogen-bond donors (Lipinski definition) is 2. The largest absolute Gasteiger partial charge is 0.495 e. The van der Waals surface area contributed by atoms with Crippen molar-refractivity contribution in [2.75, 3.05) is 25.9 Å². The lowest BCUT2D eigenvalue weighted by molar-refractivity contribution is 0.0990. The molecule has 0 aromatic heterocycles. The van der Waals surface area contributed by atoms with Crippen molar-refractivity contribution in [1.29, 1.82) is 0 Å². The third-order valence-electron chi connectivity index (χ3n) is 2.39. The molecule has 17 heavy (non-hydrogen) atoms. The fraction of sp³-hybridized carbons (Fsp3) is 0.462. The zero-order valence-electron chi connectivity index (χ0n) is 10.6. The summed E-state index contributed by atoms with van der Waals surface area (Å²) in [6.45, 7) is 5.37. The minimum Gasteiger partial charge on any atom is -0.495 e. The quantitative estimate of drug-likeness (QED) is 0.583. The van der Waals surface area contributed by atoms with Gasteiger partial charge in [0.15, 0.2) is 5.78 Å². The lowest BCUT2D eigenvalue weighted by atomic mass is 10.1. The first-order valence-corrected chi connectivity index (χ1v) is 5.72. The Hall–Kier alpha value is -1.55. The van der Waals surface area contributed by atoms with E-state index < -0.39 is 0 Å². The summed E-state index contributed by atoms with van der Waals surface area (Å²) < 4.78 is 5.04. The van der Waals surface area contributed by atoms with Crippen molar-refractivity contribution >= 4 is 11.5 Å². The molecule has 0 radical (unpaired) electrons. The van der Waals surface area contributed by atoms with Crippen LogP contribution in [0.25, 0.3) is 0 Å². The molecule has 0 bridgehead atoms. The fourth-order valence-corrected chi connectivity index (χ4v) is 1.48. The average molecular weight is 236 g/mol. The SMILES string of the molecule is COc1ccc(C(=O)CNCC(C)C)cc1N. The topological polar surface area (TPSA) is 64.3 Å². The Morgan fingerprint density at radius 3 is 2.71 bits per heavy atom. The fourth-order valence-electron chi connectivity index (χ4n) is 1.48. The lowest BCUT2D eigenvalue weighted by Gasteiger charge is -2.08. The number of anilines is 1. The number of ketones is 1. The van der Waals surface area contributed by atoms with Gasteiger partial charge in [-0.3, -0.25) is 4.79 Å². The first-order chi connectivity index (χ1) is 8.04. The number of hydrogen-bond acceptors (Lipinski definition) is 4. The van der Waals surface area contributed by atoms with Crippen LogP contribution in [0.1, 0.15) is 24.2 Å². The average Bonchev–Trinajstić information content (AvgIpc) is 2.28. The van der Waals surface area contributed by atoms with Gasteiger partial charge in [0.2, 0.25) is 0 Å². The Morgan fingerprint density at radius 2 is 2.18 bits per heavy atom. The van der Waals surface area contributed by atoms with E-state index in [0.29, 0.717) is 29.5 Å². The van der Waals surface area contributed by atoms with Gasteiger partial charge in [-0.15, -0.1) is 0 Å². The van der Waals surface area contributed by atoms with Crippen LogP contribution in [0, 0.1) is 5.92 Å². The second-order valence-corrected chi connectivity index (χ2v) is 4.40. The predicted octanol–water partition coefficient (Wildman–Crippen LogP) is 1.71. The maximum absolute atomic E-state index is 11.8. The van der Waals surface area contributed by atoms with Gasteiger partial charge >= 0.3 is 0 Å². The maximum atomic E-state index is 11.8. The van der Waals surface area contributed by atoms with Crippen molar-refractivity contribution in [2.24, 2.45) is 5.92 Å². The summed E-state index contributed by atoms with van der Waals surface area (Å²) in [5.74, 6) is 1.17. The van der Waals surface area contributed by atoms with Crippen molar-refractivity contribution in [1.82, 2.24) is 5.32 Å². The molecule has 1 aromatic carbocycles. The van der Waals surface area contributed by atoms with Crippen molar-refractivity contribution in [3.05, 3.63) is 23.8 Å². The molecule has 0 aliphatic carbocycles. The summed E-state index contributed by atoms with van der Waals surface area (Å²) >= 11 is 0. The molecule has 0 fully saturated rings. The second kappa shape index (κ2) is 6.25. The molecule has 0 saturated heterocycles. The molecule has 4 heteroatoms. The van der Waals surface area contributed by atoms with E-state index in [-0.39, 0.29) is 5.78 Å². The summed E-state index contributed by atoms with van der Waals surface area (Å²) in [6, 6.07) is 5.10. The normalized spacial score (nSPS) is 10.6. The van der Waals surface area contributed by atoms with Gasteiger partial charge in [-0.2, -0.15) is 0 Å². The number of benzene rings is 1. The van der Waals surface area contributed by atoms with Gasteiger partial charge in [-0.05, 0) is 30.7 Å². The molecule has 3 N–H and O–H groups in total. The summed E-state index contributed by atoms with van der Waals surface area (Å²) in [4.78, 5) is 11.8. The molecule has 0 aliphatic rings. The van der Waals surface area contributed by atoms with Gasteiger partial charge in [0.1, 0.15) is 5.75 Å². The van der Waals surface area contributed by atoms with E-state index >= 15 is 0 Å². The van der Waals surface area contributed by atoms with Crippen LogP contribution >= 0.6 is 0 Å². The van der Waals surface area contributed by atoms with Crippen LogP contribution in [0.15, 0.2) is 18.2 Å². The highest BCUT2D eigenvalue weighted by Gasteiger charge is 2.08. The van der Waals surface area contributed by atoms with E-state index in [1.54, 1.807) is 25.3 Å². The molecule has 0 unspecified atom stereocenters. The lowest BCUT2D eigenvalue weighted by Crippen LogP contribution is -2.26. The number of nitrogens with two attached hydrogens (primary N) is 1. The van der Waals surface area contributed by atoms with Gasteiger partial charge in [-0.1, -0.05) is 13.8 Å². The monoisotopic (exact) mass is 236 g/mol. The molecule has 4 nitrogen and oxygen atoms in total. The number of nitrogens with one attached hydrogen (secondary N) is 1. The predicted molar refractivity (Wildman–Crippen MR) is 69.4 cm³/mol. The van der Waals surface area contributed by atoms with Crippen molar-refractivity contribution < 1.29 is 9.53 Å². The van der Waals surface area contributed by atoms with E-state index in [0.717, 1.165) is 6.54 Å².